The molecule has 4 aromatic rings. The average molecular weight is 453 g/mol. The van der Waals surface area contributed by atoms with Gasteiger partial charge in [-0.05, 0) is 19.4 Å². The van der Waals surface area contributed by atoms with Crippen molar-refractivity contribution in [1.29, 1.82) is 0 Å². The van der Waals surface area contributed by atoms with E-state index in [-0.39, 0.29) is 0 Å². The highest BCUT2D eigenvalue weighted by atomic mass is 32.2. The van der Waals surface area contributed by atoms with Crippen molar-refractivity contribution < 1.29 is 0 Å². The molecule has 0 atom stereocenters. The molecule has 0 aliphatic heterocycles. The zero-order valence-electron chi connectivity index (χ0n) is 17.2. The lowest BCUT2D eigenvalue weighted by atomic mass is 10.2. The molecule has 0 radical (unpaired) electrons. The summed E-state index contributed by atoms with van der Waals surface area (Å²) < 4.78 is 2.14. The van der Waals surface area contributed by atoms with E-state index in [1.165, 1.54) is 16.0 Å². The van der Waals surface area contributed by atoms with Crippen molar-refractivity contribution in [3.05, 3.63) is 69.9 Å². The quantitative estimate of drug-likeness (QED) is 0.205. The number of benzene rings is 1. The Morgan fingerprint density at radius 3 is 2.70 bits per heavy atom. The molecule has 0 spiro atoms. The van der Waals surface area contributed by atoms with Crippen LogP contribution >= 0.6 is 34.4 Å². The Kier molecular flexibility index (Phi) is 6.82. The van der Waals surface area contributed by atoms with Gasteiger partial charge in [0.15, 0.2) is 11.0 Å². The molecule has 3 heterocycles. The van der Waals surface area contributed by atoms with E-state index < -0.39 is 0 Å². The van der Waals surface area contributed by atoms with Gasteiger partial charge in [0.25, 0.3) is 0 Å². The summed E-state index contributed by atoms with van der Waals surface area (Å²) in [6.07, 6.45) is 4.15. The summed E-state index contributed by atoms with van der Waals surface area (Å²) in [5, 5.41) is 15.2. The number of hydrogen-bond acceptors (Lipinski definition) is 6. The van der Waals surface area contributed by atoms with Crippen molar-refractivity contribution in [1.82, 2.24) is 19.7 Å². The summed E-state index contributed by atoms with van der Waals surface area (Å²) in [5.41, 5.74) is 4.63. The summed E-state index contributed by atoms with van der Waals surface area (Å²) in [6, 6.07) is 10.7. The van der Waals surface area contributed by atoms with Crippen LogP contribution in [0.15, 0.2) is 58.9 Å². The maximum Gasteiger partial charge on any atom is 0.192 e. The van der Waals surface area contributed by atoms with E-state index in [9.17, 15) is 0 Å². The Labute approximate surface area is 189 Å². The van der Waals surface area contributed by atoms with Crippen LogP contribution < -0.4 is 0 Å². The van der Waals surface area contributed by atoms with E-state index in [1.54, 1.807) is 34.4 Å². The van der Waals surface area contributed by atoms with Crippen LogP contribution in [0.2, 0.25) is 0 Å². The molecule has 154 valence electrons. The Morgan fingerprint density at radius 1 is 1.10 bits per heavy atom. The minimum absolute atomic E-state index is 0.690. The molecule has 0 saturated heterocycles. The molecule has 0 aliphatic carbocycles. The van der Waals surface area contributed by atoms with Crippen LogP contribution in [-0.4, -0.2) is 19.7 Å². The molecule has 30 heavy (non-hydrogen) atoms. The molecule has 4 rings (SSSR count). The van der Waals surface area contributed by atoms with Gasteiger partial charge >= 0.3 is 0 Å². The SMILES string of the molecule is C=CCn1c(SCc2csc(-c3ccc(C)cc3)n2)nnc1-c1csc(CCC)c1. The lowest BCUT2D eigenvalue weighted by Crippen LogP contribution is -2.00. The minimum Gasteiger partial charge on any atom is -0.298 e. The normalized spacial score (nSPS) is 11.1. The number of allylic oxidation sites excluding steroid dienone is 1. The van der Waals surface area contributed by atoms with Crippen LogP contribution in [-0.2, 0) is 18.7 Å². The van der Waals surface area contributed by atoms with E-state index >= 15 is 0 Å². The predicted octanol–water partition coefficient (Wildman–Crippen LogP) is 6.87. The monoisotopic (exact) mass is 452 g/mol. The maximum atomic E-state index is 4.81. The molecule has 0 saturated carbocycles. The van der Waals surface area contributed by atoms with Crippen molar-refractivity contribution in [2.24, 2.45) is 0 Å². The van der Waals surface area contributed by atoms with E-state index in [2.05, 4.69) is 76.3 Å². The number of thiophene rings is 1. The molecule has 1 aromatic carbocycles. The molecule has 0 N–H and O–H groups in total. The van der Waals surface area contributed by atoms with Crippen molar-refractivity contribution in [2.45, 2.75) is 44.1 Å². The van der Waals surface area contributed by atoms with Crippen LogP contribution in [0.1, 0.15) is 29.5 Å². The number of nitrogens with zero attached hydrogens (tertiary/aromatic N) is 4. The van der Waals surface area contributed by atoms with Crippen molar-refractivity contribution >= 4 is 34.4 Å². The van der Waals surface area contributed by atoms with Crippen molar-refractivity contribution in [2.75, 3.05) is 0 Å². The highest BCUT2D eigenvalue weighted by molar-refractivity contribution is 7.98. The third-order valence-electron chi connectivity index (χ3n) is 4.64. The van der Waals surface area contributed by atoms with Gasteiger partial charge in [-0.3, -0.25) is 4.57 Å². The average Bonchev–Trinajstić information content (AvgIpc) is 3.48. The molecule has 0 bridgehead atoms. The number of thioether (sulfide) groups is 1. The molecule has 0 amide bonds. The fourth-order valence-corrected chi connectivity index (χ4v) is 5.86. The second-order valence-corrected chi connectivity index (χ2v) is 9.85. The first-order chi connectivity index (χ1) is 14.7. The van der Waals surface area contributed by atoms with Gasteiger partial charge in [-0.25, -0.2) is 4.98 Å². The van der Waals surface area contributed by atoms with E-state index in [0.717, 1.165) is 45.8 Å². The molecule has 3 aromatic heterocycles. The third-order valence-corrected chi connectivity index (χ3v) is 7.57. The van der Waals surface area contributed by atoms with Crippen LogP contribution in [0, 0.1) is 6.92 Å². The van der Waals surface area contributed by atoms with Gasteiger partial charge in [0.1, 0.15) is 5.01 Å². The predicted molar refractivity (Wildman–Crippen MR) is 129 cm³/mol. The highest BCUT2D eigenvalue weighted by Crippen LogP contribution is 2.31. The molecule has 4 nitrogen and oxygen atoms in total. The largest absolute Gasteiger partial charge is 0.298 e. The van der Waals surface area contributed by atoms with Gasteiger partial charge in [0, 0.05) is 39.1 Å². The van der Waals surface area contributed by atoms with Crippen LogP contribution in [0.3, 0.4) is 0 Å². The molecule has 0 unspecified atom stereocenters. The fourth-order valence-electron chi connectivity index (χ4n) is 3.12. The Hall–Kier alpha value is -2.22. The Morgan fingerprint density at radius 2 is 1.93 bits per heavy atom. The number of thiazole rings is 1. The third kappa shape index (κ3) is 4.74. The molecule has 0 fully saturated rings. The van der Waals surface area contributed by atoms with Crippen LogP contribution in [0.5, 0.6) is 0 Å². The van der Waals surface area contributed by atoms with Gasteiger partial charge in [0.2, 0.25) is 0 Å². The van der Waals surface area contributed by atoms with Gasteiger partial charge in [0.05, 0.1) is 5.69 Å². The standard InChI is InChI=1S/C23H24N4S3/c1-4-6-20-12-18(13-28-20)21-25-26-23(27(21)11-5-2)30-15-19-14-29-22(24-19)17-9-7-16(3)8-10-17/h5,7-10,12-14H,2,4,6,11,15H2,1,3H3. The zero-order chi connectivity index (χ0) is 20.9. The van der Waals surface area contributed by atoms with Crippen LogP contribution in [0.4, 0.5) is 0 Å². The Bertz CT molecular complexity index is 1120. The lowest BCUT2D eigenvalue weighted by Gasteiger charge is -2.06. The van der Waals surface area contributed by atoms with E-state index in [4.69, 9.17) is 4.98 Å². The zero-order valence-corrected chi connectivity index (χ0v) is 19.6. The van der Waals surface area contributed by atoms with Crippen molar-refractivity contribution in [3.8, 4) is 22.0 Å². The molecule has 7 heteroatoms. The fraction of sp³-hybridized carbons (Fsp3) is 0.261. The smallest absolute Gasteiger partial charge is 0.192 e. The van der Waals surface area contributed by atoms with Crippen molar-refractivity contribution in [3.63, 3.8) is 0 Å². The molecular formula is C23H24N4S3. The second-order valence-electron chi connectivity index (χ2n) is 7.06. The number of hydrogen-bond donors (Lipinski definition) is 0. The van der Waals surface area contributed by atoms with Gasteiger partial charge < -0.3 is 0 Å². The maximum absolute atomic E-state index is 4.81. The molecular weight excluding hydrogens is 428 g/mol. The summed E-state index contributed by atoms with van der Waals surface area (Å²) in [4.78, 5) is 6.20. The summed E-state index contributed by atoms with van der Waals surface area (Å²) in [5.74, 6) is 1.68. The number of aryl methyl sites for hydroxylation is 2. The topological polar surface area (TPSA) is 43.6 Å². The summed E-state index contributed by atoms with van der Waals surface area (Å²) in [7, 11) is 0. The molecule has 0 aliphatic rings. The van der Waals surface area contributed by atoms with E-state index in [0.29, 0.717) is 6.54 Å². The van der Waals surface area contributed by atoms with Crippen LogP contribution in [0.25, 0.3) is 22.0 Å². The number of rotatable bonds is 9. The van der Waals surface area contributed by atoms with Gasteiger partial charge in [-0.15, -0.1) is 39.4 Å². The first-order valence-electron chi connectivity index (χ1n) is 9.94. The highest BCUT2D eigenvalue weighted by Gasteiger charge is 2.16. The lowest BCUT2D eigenvalue weighted by molar-refractivity contribution is 0.731. The van der Waals surface area contributed by atoms with Gasteiger partial charge in [-0.2, -0.15) is 0 Å². The summed E-state index contributed by atoms with van der Waals surface area (Å²) >= 11 is 5.15. The Balaban J connectivity index is 1.50. The second kappa shape index (κ2) is 9.73. The number of aromatic nitrogens is 4. The first-order valence-corrected chi connectivity index (χ1v) is 12.7. The summed E-state index contributed by atoms with van der Waals surface area (Å²) in [6.45, 7) is 8.91. The van der Waals surface area contributed by atoms with Gasteiger partial charge in [-0.1, -0.05) is 61.0 Å². The minimum atomic E-state index is 0.690. The van der Waals surface area contributed by atoms with E-state index in [1.807, 2.05) is 6.08 Å². The first kappa shape index (κ1) is 21.0.